The number of thioether (sulfide) groups is 1. The summed E-state index contributed by atoms with van der Waals surface area (Å²) in [5.41, 5.74) is 0.659. The Balaban J connectivity index is 1.47. The fourth-order valence-corrected chi connectivity index (χ4v) is 5.07. The number of thiophene rings is 1. The van der Waals surface area contributed by atoms with Crippen molar-refractivity contribution in [3.05, 3.63) is 69.7 Å². The van der Waals surface area contributed by atoms with Gasteiger partial charge in [0.1, 0.15) is 16.3 Å². The number of carbonyl (C=O) groups is 1. The van der Waals surface area contributed by atoms with Crippen LogP contribution in [-0.2, 0) is 11.3 Å². The summed E-state index contributed by atoms with van der Waals surface area (Å²) < 4.78 is 29.3. The van der Waals surface area contributed by atoms with E-state index >= 15 is 0 Å². The largest absolute Gasteiger partial charge is 0.301 e. The Morgan fingerprint density at radius 3 is 2.90 bits per heavy atom. The van der Waals surface area contributed by atoms with Gasteiger partial charge in [-0.3, -0.25) is 14.2 Å². The van der Waals surface area contributed by atoms with Crippen molar-refractivity contribution in [1.29, 1.82) is 0 Å². The van der Waals surface area contributed by atoms with Gasteiger partial charge in [0.25, 0.3) is 5.56 Å². The lowest BCUT2D eigenvalue weighted by atomic mass is 10.1. The third-order valence-corrected chi connectivity index (χ3v) is 6.76. The minimum atomic E-state index is -0.602. The van der Waals surface area contributed by atoms with Crippen molar-refractivity contribution in [3.63, 3.8) is 0 Å². The maximum absolute atomic E-state index is 13.9. The fourth-order valence-electron chi connectivity index (χ4n) is 2.76. The maximum Gasteiger partial charge on any atom is 0.272 e. The smallest absolute Gasteiger partial charge is 0.272 e. The Morgan fingerprint density at radius 2 is 2.10 bits per heavy atom. The van der Waals surface area contributed by atoms with Crippen LogP contribution in [-0.4, -0.2) is 26.2 Å². The summed E-state index contributed by atoms with van der Waals surface area (Å²) in [5.74, 6) is -1.56. The van der Waals surface area contributed by atoms with E-state index in [1.807, 2.05) is 0 Å². The Hall–Kier alpha value is -2.89. The van der Waals surface area contributed by atoms with E-state index < -0.39 is 11.6 Å². The lowest BCUT2D eigenvalue weighted by molar-refractivity contribution is -0.113. The number of hydrogen-bond donors (Lipinski definition) is 1. The topological polar surface area (TPSA) is 76.9 Å². The summed E-state index contributed by atoms with van der Waals surface area (Å²) in [6.07, 6.45) is 1.59. The van der Waals surface area contributed by atoms with Crippen LogP contribution in [0.3, 0.4) is 0 Å². The first-order valence-electron chi connectivity index (χ1n) is 8.89. The highest BCUT2D eigenvalue weighted by Gasteiger charge is 2.15. The summed E-state index contributed by atoms with van der Waals surface area (Å²) >= 11 is 3.54. The molecule has 0 saturated heterocycles. The molecule has 0 saturated carbocycles. The summed E-state index contributed by atoms with van der Waals surface area (Å²) in [5, 5.41) is 6.63. The second-order valence-electron chi connectivity index (χ2n) is 6.23. The van der Waals surface area contributed by atoms with Crippen molar-refractivity contribution in [3.8, 4) is 11.3 Å². The zero-order chi connectivity index (χ0) is 22.0. The quantitative estimate of drug-likeness (QED) is 0.236. The predicted octanol–water partition coefficient (Wildman–Crippen LogP) is 4.78. The van der Waals surface area contributed by atoms with Crippen LogP contribution in [0.15, 0.2) is 57.6 Å². The third-order valence-electron chi connectivity index (χ3n) is 4.13. The van der Waals surface area contributed by atoms with Gasteiger partial charge >= 0.3 is 0 Å². The van der Waals surface area contributed by atoms with Gasteiger partial charge in [-0.15, -0.1) is 29.3 Å². The van der Waals surface area contributed by atoms with Crippen LogP contribution < -0.4 is 10.9 Å². The molecule has 1 aromatic carbocycles. The van der Waals surface area contributed by atoms with E-state index in [0.717, 1.165) is 41.3 Å². The summed E-state index contributed by atoms with van der Waals surface area (Å²) in [6.45, 7) is 3.94. The number of aromatic nitrogens is 3. The molecular weight excluding hydrogens is 462 g/mol. The van der Waals surface area contributed by atoms with Crippen LogP contribution in [0.25, 0.3) is 21.5 Å². The Kier molecular flexibility index (Phi) is 6.25. The van der Waals surface area contributed by atoms with E-state index in [9.17, 15) is 18.4 Å². The monoisotopic (exact) mass is 476 g/mol. The lowest BCUT2D eigenvalue weighted by Gasteiger charge is -2.09. The van der Waals surface area contributed by atoms with Gasteiger partial charge in [-0.2, -0.15) is 0 Å². The van der Waals surface area contributed by atoms with E-state index in [4.69, 9.17) is 0 Å². The van der Waals surface area contributed by atoms with E-state index in [0.29, 0.717) is 15.4 Å². The number of nitrogens with zero attached hydrogens (tertiary/aromatic N) is 3. The van der Waals surface area contributed by atoms with Gasteiger partial charge in [0, 0.05) is 17.5 Å². The second kappa shape index (κ2) is 9.08. The number of anilines is 1. The number of allylic oxidation sites excluding steroid dienone is 1. The summed E-state index contributed by atoms with van der Waals surface area (Å²) in [6, 6.07) is 4.86. The lowest BCUT2D eigenvalue weighted by Crippen LogP contribution is -2.23. The molecule has 0 aliphatic carbocycles. The average molecular weight is 477 g/mol. The molecule has 6 nitrogen and oxygen atoms in total. The first-order valence-corrected chi connectivity index (χ1v) is 11.6. The number of hydrogen-bond acceptors (Lipinski definition) is 7. The van der Waals surface area contributed by atoms with Crippen LogP contribution in [0, 0.1) is 11.6 Å². The molecule has 1 amide bonds. The number of benzene rings is 1. The van der Waals surface area contributed by atoms with Crippen LogP contribution in [0.2, 0.25) is 0 Å². The molecule has 3 heterocycles. The zero-order valence-corrected chi connectivity index (χ0v) is 18.3. The Labute approximate surface area is 187 Å². The number of halogens is 2. The second-order valence-corrected chi connectivity index (χ2v) is 8.95. The highest BCUT2D eigenvalue weighted by Crippen LogP contribution is 2.28. The van der Waals surface area contributed by atoms with Gasteiger partial charge in [-0.1, -0.05) is 17.8 Å². The van der Waals surface area contributed by atoms with E-state index in [-0.39, 0.29) is 40.2 Å². The molecule has 4 aromatic rings. The van der Waals surface area contributed by atoms with Gasteiger partial charge in [0.15, 0.2) is 10.3 Å². The number of nitrogens with one attached hydrogen (secondary N) is 1. The number of amides is 1. The highest BCUT2D eigenvalue weighted by atomic mass is 32.2. The molecule has 0 aliphatic rings. The van der Waals surface area contributed by atoms with Crippen LogP contribution >= 0.6 is 34.4 Å². The molecule has 3 aromatic heterocycles. The fraction of sp³-hybridized carbons (Fsp3) is 0.100. The first kappa shape index (κ1) is 21.3. The van der Waals surface area contributed by atoms with Crippen molar-refractivity contribution in [1.82, 2.24) is 14.5 Å². The van der Waals surface area contributed by atoms with E-state index in [1.165, 1.54) is 21.3 Å². The average Bonchev–Trinajstić information content (AvgIpc) is 3.40. The van der Waals surface area contributed by atoms with Crippen LogP contribution in [0.5, 0.6) is 0 Å². The first-order chi connectivity index (χ1) is 15.0. The van der Waals surface area contributed by atoms with Crippen LogP contribution in [0.1, 0.15) is 0 Å². The van der Waals surface area contributed by atoms with Crippen molar-refractivity contribution in [2.75, 3.05) is 11.1 Å². The molecule has 0 unspecified atom stereocenters. The molecule has 4 rings (SSSR count). The van der Waals surface area contributed by atoms with Gasteiger partial charge in [0.05, 0.1) is 17.0 Å². The number of thiazole rings is 1. The number of fused-ring (bicyclic) bond motifs is 1. The van der Waals surface area contributed by atoms with Crippen molar-refractivity contribution >= 4 is 55.7 Å². The zero-order valence-electron chi connectivity index (χ0n) is 15.8. The van der Waals surface area contributed by atoms with Crippen molar-refractivity contribution in [2.24, 2.45) is 0 Å². The van der Waals surface area contributed by atoms with Gasteiger partial charge in [-0.25, -0.2) is 18.7 Å². The molecule has 0 atom stereocenters. The SMILES string of the molecule is C=CCn1c(SCC(=O)Nc2nc(-c3cc(F)ccc3F)cs2)nc2ccsc2c1=O. The van der Waals surface area contributed by atoms with Gasteiger partial charge in [-0.05, 0) is 29.6 Å². The molecule has 0 aliphatic heterocycles. The molecule has 31 heavy (non-hydrogen) atoms. The van der Waals surface area contributed by atoms with Gasteiger partial charge < -0.3 is 5.32 Å². The molecule has 11 heteroatoms. The molecular formula is C20H14F2N4O2S3. The van der Waals surface area contributed by atoms with Crippen molar-refractivity contribution in [2.45, 2.75) is 11.7 Å². The normalized spacial score (nSPS) is 11.0. The maximum atomic E-state index is 13.9. The van der Waals surface area contributed by atoms with E-state index in [2.05, 4.69) is 21.9 Å². The highest BCUT2D eigenvalue weighted by molar-refractivity contribution is 7.99. The Morgan fingerprint density at radius 1 is 1.26 bits per heavy atom. The molecule has 0 fully saturated rings. The van der Waals surface area contributed by atoms with Crippen molar-refractivity contribution < 1.29 is 13.6 Å². The molecule has 0 spiro atoms. The minimum absolute atomic E-state index is 0.0114. The molecule has 1 N–H and O–H groups in total. The van der Waals surface area contributed by atoms with Gasteiger partial charge in [0.2, 0.25) is 5.91 Å². The summed E-state index contributed by atoms with van der Waals surface area (Å²) in [4.78, 5) is 33.7. The molecule has 0 radical (unpaired) electrons. The number of rotatable bonds is 7. The molecule has 0 bridgehead atoms. The Bertz CT molecular complexity index is 1350. The van der Waals surface area contributed by atoms with Crippen LogP contribution in [0.4, 0.5) is 13.9 Å². The van der Waals surface area contributed by atoms with E-state index in [1.54, 1.807) is 17.5 Å². The molecule has 158 valence electrons. The third kappa shape index (κ3) is 4.58. The number of carbonyl (C=O) groups excluding carboxylic acids is 1. The minimum Gasteiger partial charge on any atom is -0.301 e. The standard InChI is InChI=1S/C20H14F2N4O2S3/c1-2-6-26-18(28)17-14(5-7-29-17)24-20(26)31-10-16(27)25-19-23-15(9-30-19)12-8-11(21)3-4-13(12)22/h2-5,7-9H,1,6,10H2,(H,23,25,27). The summed E-state index contributed by atoms with van der Waals surface area (Å²) in [7, 11) is 0. The predicted molar refractivity (Wildman–Crippen MR) is 121 cm³/mol.